The van der Waals surface area contributed by atoms with E-state index < -0.39 is 27.1 Å². The molecule has 9 heteroatoms. The van der Waals surface area contributed by atoms with Gasteiger partial charge in [0, 0.05) is 12.5 Å². The van der Waals surface area contributed by atoms with E-state index in [9.17, 15) is 17.2 Å². The molecule has 5 nitrogen and oxygen atoms in total. The largest absolute Gasteiger partial charge is 0.470 e. The van der Waals surface area contributed by atoms with Crippen LogP contribution in [-0.4, -0.2) is 27.4 Å². The molecule has 0 saturated heterocycles. The second-order valence-electron chi connectivity index (χ2n) is 5.67. The molecular weight excluding hydrogens is 386 g/mol. The lowest BCUT2D eigenvalue weighted by Crippen LogP contribution is -2.43. The highest BCUT2D eigenvalue weighted by Crippen LogP contribution is 2.44. The van der Waals surface area contributed by atoms with E-state index in [-0.39, 0.29) is 36.0 Å². The molecule has 0 aliphatic carbocycles. The molecule has 0 aromatic heterocycles. The fraction of sp³-hybridized carbons (Fsp3) is 0.294. The van der Waals surface area contributed by atoms with Crippen molar-refractivity contribution in [3.05, 3.63) is 54.1 Å². The van der Waals surface area contributed by atoms with Gasteiger partial charge in [-0.1, -0.05) is 12.1 Å². The Bertz CT molecular complexity index is 880. The first-order valence-electron chi connectivity index (χ1n) is 7.84. The molecule has 1 heterocycles. The summed E-state index contributed by atoms with van der Waals surface area (Å²) in [4.78, 5) is 0. The summed E-state index contributed by atoms with van der Waals surface area (Å²) in [7, 11) is -2.27. The molecule has 1 aliphatic heterocycles. The number of ether oxygens (including phenoxy) is 1. The van der Waals surface area contributed by atoms with Crippen molar-refractivity contribution >= 4 is 33.8 Å². The summed E-state index contributed by atoms with van der Waals surface area (Å²) >= 11 is 0. The van der Waals surface area contributed by atoms with Crippen LogP contribution in [0.25, 0.3) is 0 Å². The molecule has 0 radical (unpaired) electrons. The molecule has 3 rings (SSSR count). The lowest BCUT2D eigenvalue weighted by atomic mass is 10.2. The Kier molecular flexibility index (Phi) is 6.44. The molecule has 0 amide bonds. The normalized spacial score (nSPS) is 17.8. The van der Waals surface area contributed by atoms with E-state index >= 15 is 0 Å². The fourth-order valence-corrected chi connectivity index (χ4v) is 4.52. The molecule has 2 aromatic carbocycles. The van der Waals surface area contributed by atoms with Gasteiger partial charge in [0.25, 0.3) is 10.0 Å². The zero-order valence-electron chi connectivity index (χ0n) is 14.0. The number of nitrogens with one attached hydrogen (secondary N) is 1. The minimum atomic E-state index is -4.03. The number of nitrogens with zero attached hydrogens (tertiary/aromatic N) is 1. The van der Waals surface area contributed by atoms with E-state index in [1.165, 1.54) is 24.3 Å². The minimum Gasteiger partial charge on any atom is -0.470 e. The third kappa shape index (κ3) is 3.77. The van der Waals surface area contributed by atoms with Crippen LogP contribution in [0.15, 0.2) is 42.5 Å². The van der Waals surface area contributed by atoms with Crippen LogP contribution in [0.2, 0.25) is 0 Å². The van der Waals surface area contributed by atoms with Crippen LogP contribution >= 0.6 is 12.4 Å². The van der Waals surface area contributed by atoms with Crippen molar-refractivity contribution in [2.24, 2.45) is 0 Å². The van der Waals surface area contributed by atoms with Crippen LogP contribution in [-0.2, 0) is 10.0 Å². The Labute approximate surface area is 157 Å². The van der Waals surface area contributed by atoms with Gasteiger partial charge in [0.2, 0.25) is 5.44 Å². The van der Waals surface area contributed by atoms with E-state index in [1.807, 2.05) is 0 Å². The summed E-state index contributed by atoms with van der Waals surface area (Å²) < 4.78 is 60.4. The highest BCUT2D eigenvalue weighted by molar-refractivity contribution is 7.93. The molecule has 0 fully saturated rings. The zero-order valence-corrected chi connectivity index (χ0v) is 15.6. The molecule has 1 aliphatic rings. The number of rotatable bonds is 5. The van der Waals surface area contributed by atoms with Crippen LogP contribution in [0.1, 0.15) is 12.8 Å². The van der Waals surface area contributed by atoms with Gasteiger partial charge in [-0.25, -0.2) is 21.5 Å². The van der Waals surface area contributed by atoms with Gasteiger partial charge >= 0.3 is 0 Å². The third-order valence-electron chi connectivity index (χ3n) is 3.92. The Morgan fingerprint density at radius 1 is 1.15 bits per heavy atom. The number of benzene rings is 2. The number of halogens is 3. The molecule has 26 heavy (non-hydrogen) atoms. The number of anilines is 2. The molecule has 0 saturated carbocycles. The summed E-state index contributed by atoms with van der Waals surface area (Å²) in [5.41, 5.74) is -1.23. The Morgan fingerprint density at radius 2 is 1.88 bits per heavy atom. The van der Waals surface area contributed by atoms with Gasteiger partial charge in [0.15, 0.2) is 0 Å². The maximum atomic E-state index is 14.3. The van der Waals surface area contributed by atoms with E-state index in [2.05, 4.69) is 5.32 Å². The van der Waals surface area contributed by atoms with Gasteiger partial charge in [0.05, 0.1) is 11.4 Å². The number of hydrogen-bond donors (Lipinski definition) is 1. The van der Waals surface area contributed by atoms with E-state index in [0.29, 0.717) is 13.0 Å². The van der Waals surface area contributed by atoms with Crippen LogP contribution in [0.3, 0.4) is 0 Å². The molecule has 142 valence electrons. The summed E-state index contributed by atoms with van der Waals surface area (Å²) in [6.07, 6.45) is 0.736. The standard InChI is InChI=1S/C17H18F2N2O3S.ClH/c1-20-10-4-7-17-24-16-11-12(18)8-9-15(16)21(25(17,22)23)14-6-3-2-5-13(14)19;/h2-3,5-6,8-9,11,17,20H,4,7,10H2,1H3;1H. The summed E-state index contributed by atoms with van der Waals surface area (Å²) in [5, 5.41) is 2.93. The van der Waals surface area contributed by atoms with Gasteiger partial charge in [-0.15, -0.1) is 12.4 Å². The number of hydrogen-bond acceptors (Lipinski definition) is 4. The second kappa shape index (κ2) is 8.20. The predicted molar refractivity (Wildman–Crippen MR) is 98.7 cm³/mol. The maximum absolute atomic E-state index is 14.3. The first kappa shape index (κ1) is 20.4. The highest BCUT2D eigenvalue weighted by atomic mass is 35.5. The van der Waals surface area contributed by atoms with Crippen LogP contribution in [0.4, 0.5) is 20.2 Å². The van der Waals surface area contributed by atoms with Crippen molar-refractivity contribution in [1.82, 2.24) is 5.32 Å². The van der Waals surface area contributed by atoms with Crippen molar-refractivity contribution in [3.63, 3.8) is 0 Å². The first-order chi connectivity index (χ1) is 11.9. The van der Waals surface area contributed by atoms with Crippen molar-refractivity contribution in [2.75, 3.05) is 17.9 Å². The van der Waals surface area contributed by atoms with Gasteiger partial charge in [-0.2, -0.15) is 0 Å². The molecule has 0 spiro atoms. The van der Waals surface area contributed by atoms with Crippen molar-refractivity contribution in [1.29, 1.82) is 0 Å². The quantitative estimate of drug-likeness (QED) is 0.774. The van der Waals surface area contributed by atoms with Crippen LogP contribution < -0.4 is 14.4 Å². The SMILES string of the molecule is CNCCCC1Oc2cc(F)ccc2N(c2ccccc2F)S1(=O)=O.Cl. The average molecular weight is 405 g/mol. The molecule has 0 bridgehead atoms. The summed E-state index contributed by atoms with van der Waals surface area (Å²) in [6.45, 7) is 0.602. The van der Waals surface area contributed by atoms with Crippen molar-refractivity contribution in [2.45, 2.75) is 18.3 Å². The van der Waals surface area contributed by atoms with E-state index in [0.717, 1.165) is 16.4 Å². The smallest absolute Gasteiger partial charge is 0.278 e. The fourth-order valence-electron chi connectivity index (χ4n) is 2.74. The predicted octanol–water partition coefficient (Wildman–Crippen LogP) is 3.57. The lowest BCUT2D eigenvalue weighted by Gasteiger charge is -2.35. The summed E-state index contributed by atoms with van der Waals surface area (Å²) in [6, 6.07) is 9.08. The van der Waals surface area contributed by atoms with Crippen LogP contribution in [0, 0.1) is 11.6 Å². The van der Waals surface area contributed by atoms with Crippen molar-refractivity contribution < 1.29 is 21.9 Å². The van der Waals surface area contributed by atoms with Gasteiger partial charge < -0.3 is 10.1 Å². The third-order valence-corrected chi connectivity index (χ3v) is 5.82. The average Bonchev–Trinajstić information content (AvgIpc) is 2.57. The van der Waals surface area contributed by atoms with Gasteiger partial charge in [-0.05, 0) is 44.3 Å². The Morgan fingerprint density at radius 3 is 2.58 bits per heavy atom. The topological polar surface area (TPSA) is 58.6 Å². The lowest BCUT2D eigenvalue weighted by molar-refractivity contribution is 0.253. The second-order valence-corrected chi connectivity index (χ2v) is 7.59. The Balaban J connectivity index is 0.00000243. The van der Waals surface area contributed by atoms with Crippen molar-refractivity contribution in [3.8, 4) is 5.75 Å². The highest BCUT2D eigenvalue weighted by Gasteiger charge is 2.41. The molecule has 1 N–H and O–H groups in total. The number of fused-ring (bicyclic) bond motifs is 1. The van der Waals surface area contributed by atoms with Gasteiger partial charge in [-0.3, -0.25) is 0 Å². The maximum Gasteiger partial charge on any atom is 0.278 e. The minimum absolute atomic E-state index is 0. The molecular formula is C17H19ClF2N2O3S. The van der Waals surface area contributed by atoms with E-state index in [4.69, 9.17) is 4.74 Å². The molecule has 1 atom stereocenters. The summed E-state index contributed by atoms with van der Waals surface area (Å²) in [5.74, 6) is -1.16. The molecule has 1 unspecified atom stereocenters. The number of sulfonamides is 1. The van der Waals surface area contributed by atoms with E-state index in [1.54, 1.807) is 13.1 Å². The molecule has 2 aromatic rings. The van der Waals surface area contributed by atoms with Crippen LogP contribution in [0.5, 0.6) is 5.75 Å². The zero-order chi connectivity index (χ0) is 18.0. The van der Waals surface area contributed by atoms with Gasteiger partial charge in [0.1, 0.15) is 17.4 Å². The first-order valence-corrected chi connectivity index (χ1v) is 9.35. The Hall–Kier alpha value is -1.90. The monoisotopic (exact) mass is 404 g/mol. The number of para-hydroxylation sites is 1.